The number of nitrogens with zero attached hydrogens (tertiary/aromatic N) is 1. The molecular formula is C49H75NO16. The molecule has 0 radical (unpaired) electrons. The molecule has 66 heavy (non-hydrogen) atoms. The summed E-state index contributed by atoms with van der Waals surface area (Å²) < 4.78 is 60.8. The third-order valence-electron chi connectivity index (χ3n) is 12.8. The van der Waals surface area contributed by atoms with Crippen molar-refractivity contribution in [1.82, 2.24) is 4.90 Å². The summed E-state index contributed by atoms with van der Waals surface area (Å²) in [6.45, 7) is 13.5. The number of ketones is 1. The first-order valence-electron chi connectivity index (χ1n) is 23.1. The topological polar surface area (TPSA) is 204 Å². The molecule has 0 saturated carbocycles. The van der Waals surface area contributed by atoms with Crippen LogP contribution in [0.25, 0.3) is 0 Å². The molecule has 17 nitrogen and oxygen atoms in total. The summed E-state index contributed by atoms with van der Waals surface area (Å²) in [6, 6.07) is 8.56. The first-order valence-corrected chi connectivity index (χ1v) is 23.1. The predicted octanol–water partition coefficient (Wildman–Crippen LogP) is 4.58. The highest BCUT2D eigenvalue weighted by Crippen LogP contribution is 2.37. The molecule has 3 heterocycles. The van der Waals surface area contributed by atoms with E-state index in [-0.39, 0.29) is 25.4 Å². The number of rotatable bonds is 15. The summed E-state index contributed by atoms with van der Waals surface area (Å²) in [7, 11) is 6.48. The molecule has 1 aromatic carbocycles. The molecule has 0 amide bonds. The molecule has 4 rings (SSSR count). The van der Waals surface area contributed by atoms with Gasteiger partial charge in [-0.3, -0.25) is 24.1 Å². The molecule has 2 N–H and O–H groups in total. The average molecular weight is 934 g/mol. The normalized spacial score (nSPS) is 37.6. The monoisotopic (exact) mass is 934 g/mol. The van der Waals surface area contributed by atoms with Crippen LogP contribution in [0, 0.1) is 23.7 Å². The molecule has 3 aliphatic rings. The Balaban J connectivity index is 1.74. The van der Waals surface area contributed by atoms with Gasteiger partial charge in [-0.15, -0.1) is 0 Å². The summed E-state index contributed by atoms with van der Waals surface area (Å²) in [6.07, 6.45) is -5.22. The van der Waals surface area contributed by atoms with Crippen LogP contribution in [0.5, 0.6) is 5.75 Å². The van der Waals surface area contributed by atoms with E-state index < -0.39 is 128 Å². The van der Waals surface area contributed by atoms with Gasteiger partial charge in [0.1, 0.15) is 36.3 Å². The number of hydrogen-bond donors (Lipinski definition) is 2. The van der Waals surface area contributed by atoms with E-state index in [1.54, 1.807) is 45.8 Å². The Morgan fingerprint density at radius 1 is 0.833 bits per heavy atom. The number of aliphatic hydroxyl groups excluding tert-OH is 2. The lowest BCUT2D eigenvalue weighted by molar-refractivity contribution is -0.308. The minimum absolute atomic E-state index is 0.00224. The van der Waals surface area contributed by atoms with Crippen molar-refractivity contribution >= 4 is 23.7 Å². The van der Waals surface area contributed by atoms with Gasteiger partial charge in [0.2, 0.25) is 0 Å². The maximum atomic E-state index is 14.0. The molecule has 0 aliphatic carbocycles. The second kappa shape index (κ2) is 26.1. The van der Waals surface area contributed by atoms with Crippen LogP contribution in [-0.4, -0.2) is 160 Å². The largest absolute Gasteiger partial charge is 0.494 e. The van der Waals surface area contributed by atoms with E-state index in [1.165, 1.54) is 34.1 Å². The number of aliphatic hydroxyl groups is 2. The number of methoxy groups -OCH3 is 2. The molecule has 17 atom stereocenters. The van der Waals surface area contributed by atoms with Gasteiger partial charge < -0.3 is 57.6 Å². The van der Waals surface area contributed by atoms with Gasteiger partial charge in [0.25, 0.3) is 0 Å². The van der Waals surface area contributed by atoms with Gasteiger partial charge in [0.05, 0.1) is 50.1 Å². The number of ether oxygens (including phenoxy) is 10. The standard InChI is InChI=1S/C49H75NO16/c1-13-39-35(26-60-48-47(58-12)46(57-11)42(56)30(5)61-48)23-27(2)19-20-37(53)28(3)24-34(21-22-59-36-17-15-14-16-18-36)43(29(4)38(54)25-40(55)65-39)66-49-45(64-33(8)52)41(50(9)10)44(31(6)62-49)63-32(7)51/h14-20,23,28-31,34-35,38-39,41-49,54,56H,13,21-22,24-26H2,1-12H3/b20-19+,27-23+/t28-,29+,30-,31-,34+,35-,38-,39-,41+,42-,43-,44-,45-,46-,47-,48-,49+/m1/s1. The van der Waals surface area contributed by atoms with E-state index in [0.717, 1.165) is 0 Å². The van der Waals surface area contributed by atoms with Crippen molar-refractivity contribution < 1.29 is 76.8 Å². The number of carbonyl (C=O) groups excluding carboxylic acids is 4. The molecule has 372 valence electrons. The number of allylic oxidation sites excluding steroid dienone is 3. The fourth-order valence-electron chi connectivity index (χ4n) is 9.16. The smallest absolute Gasteiger partial charge is 0.308 e. The molecule has 3 aliphatic heterocycles. The number of carbonyl (C=O) groups is 4. The average Bonchev–Trinajstić information content (AvgIpc) is 3.26. The molecule has 2 saturated heterocycles. The summed E-state index contributed by atoms with van der Waals surface area (Å²) >= 11 is 0. The Kier molecular flexibility index (Phi) is 21.7. The van der Waals surface area contributed by atoms with Crippen LogP contribution in [0.2, 0.25) is 0 Å². The van der Waals surface area contributed by atoms with E-state index in [2.05, 4.69) is 0 Å². The molecular weight excluding hydrogens is 859 g/mol. The molecule has 0 aromatic heterocycles. The summed E-state index contributed by atoms with van der Waals surface area (Å²) in [5.74, 6) is -3.72. The third-order valence-corrected chi connectivity index (χ3v) is 12.8. The highest BCUT2D eigenvalue weighted by atomic mass is 16.7. The van der Waals surface area contributed by atoms with Gasteiger partial charge in [-0.05, 0) is 78.3 Å². The first-order chi connectivity index (χ1) is 31.3. The number of esters is 3. The van der Waals surface area contributed by atoms with Crippen molar-refractivity contribution in [3.63, 3.8) is 0 Å². The highest BCUT2D eigenvalue weighted by Gasteiger charge is 2.52. The SMILES string of the molecule is CC[C@H]1OC(=O)C[C@@H](O)[C@H](C)[C@@H](O[C@@H]2O[C@H](C)[C@@H](OC(C)=O)[C@H](N(C)C)[C@H]2OC(C)=O)[C@@H](CCOc2ccccc2)C[C@@H](C)C(=O)/C=C/C(C)=C/[C@@H]1CO[C@@H]1O[C@H](C)[C@@H](O)[C@@H](OC)[C@H]1OC. The lowest BCUT2D eigenvalue weighted by atomic mass is 9.79. The lowest BCUT2D eigenvalue weighted by Crippen LogP contribution is -2.65. The summed E-state index contributed by atoms with van der Waals surface area (Å²) in [5, 5.41) is 22.8. The van der Waals surface area contributed by atoms with Crippen LogP contribution >= 0.6 is 0 Å². The van der Waals surface area contributed by atoms with Gasteiger partial charge in [-0.2, -0.15) is 0 Å². The zero-order chi connectivity index (χ0) is 48.8. The van der Waals surface area contributed by atoms with E-state index in [4.69, 9.17) is 47.4 Å². The zero-order valence-electron chi connectivity index (χ0n) is 40.7. The third kappa shape index (κ3) is 15.1. The fourth-order valence-corrected chi connectivity index (χ4v) is 9.16. The Labute approximate surface area is 390 Å². The van der Waals surface area contributed by atoms with Crippen molar-refractivity contribution in [2.45, 2.75) is 161 Å². The van der Waals surface area contributed by atoms with Crippen LogP contribution < -0.4 is 4.74 Å². The predicted molar refractivity (Wildman–Crippen MR) is 241 cm³/mol. The van der Waals surface area contributed by atoms with E-state index in [1.807, 2.05) is 57.2 Å². The van der Waals surface area contributed by atoms with Crippen molar-refractivity contribution in [2.24, 2.45) is 23.7 Å². The Morgan fingerprint density at radius 3 is 2.08 bits per heavy atom. The van der Waals surface area contributed by atoms with E-state index in [9.17, 15) is 29.4 Å². The minimum atomic E-state index is -1.33. The Morgan fingerprint density at radius 2 is 1.47 bits per heavy atom. The van der Waals surface area contributed by atoms with Gasteiger partial charge in [-0.25, -0.2) is 0 Å². The summed E-state index contributed by atoms with van der Waals surface area (Å²) in [4.78, 5) is 54.8. The van der Waals surface area contributed by atoms with Crippen molar-refractivity contribution in [3.8, 4) is 5.75 Å². The van der Waals surface area contributed by atoms with E-state index in [0.29, 0.717) is 24.2 Å². The molecule has 0 spiro atoms. The van der Waals surface area contributed by atoms with Crippen molar-refractivity contribution in [1.29, 1.82) is 0 Å². The van der Waals surface area contributed by atoms with Crippen LogP contribution in [0.15, 0.2) is 54.1 Å². The lowest BCUT2D eigenvalue weighted by Gasteiger charge is -2.48. The minimum Gasteiger partial charge on any atom is -0.494 e. The van der Waals surface area contributed by atoms with Crippen LogP contribution in [0.3, 0.4) is 0 Å². The Bertz CT molecular complexity index is 1760. The van der Waals surface area contributed by atoms with E-state index >= 15 is 0 Å². The van der Waals surface area contributed by atoms with Crippen LogP contribution in [-0.2, 0) is 61.8 Å². The van der Waals surface area contributed by atoms with Crippen molar-refractivity contribution in [2.75, 3.05) is 41.5 Å². The second-order valence-corrected chi connectivity index (χ2v) is 18.1. The molecule has 17 heteroatoms. The van der Waals surface area contributed by atoms with Gasteiger partial charge in [-0.1, -0.05) is 56.7 Å². The van der Waals surface area contributed by atoms with Crippen LogP contribution in [0.1, 0.15) is 81.1 Å². The fraction of sp³-hybridized carbons (Fsp3) is 0.714. The first kappa shape index (κ1) is 54.8. The maximum absolute atomic E-state index is 14.0. The number of cyclic esters (lactones) is 1. The maximum Gasteiger partial charge on any atom is 0.308 e. The number of likely N-dealkylation sites (N-methyl/N-ethyl adjacent to an activating group) is 1. The number of benzene rings is 1. The second-order valence-electron chi connectivity index (χ2n) is 18.1. The number of hydrogen-bond acceptors (Lipinski definition) is 17. The zero-order valence-corrected chi connectivity index (χ0v) is 40.7. The Hall–Kier alpha value is -3.78. The highest BCUT2D eigenvalue weighted by molar-refractivity contribution is 5.91. The molecule has 0 unspecified atom stereocenters. The van der Waals surface area contributed by atoms with Gasteiger partial charge >= 0.3 is 17.9 Å². The molecule has 0 bridgehead atoms. The number of para-hydroxylation sites is 1. The quantitative estimate of drug-likeness (QED) is 0.182. The summed E-state index contributed by atoms with van der Waals surface area (Å²) in [5.41, 5.74) is 0.711. The van der Waals surface area contributed by atoms with Gasteiger partial charge in [0, 0.05) is 45.8 Å². The molecule has 2 fully saturated rings. The van der Waals surface area contributed by atoms with Crippen LogP contribution in [0.4, 0.5) is 0 Å². The van der Waals surface area contributed by atoms with Crippen molar-refractivity contribution in [3.05, 3.63) is 54.1 Å². The van der Waals surface area contributed by atoms with Gasteiger partial charge in [0.15, 0.2) is 24.5 Å². The molecule has 1 aromatic rings.